The highest BCUT2D eigenvalue weighted by atomic mass is 19.1. The predicted octanol–water partition coefficient (Wildman–Crippen LogP) is 5.79. The van der Waals surface area contributed by atoms with Crippen LogP contribution in [-0.2, 0) is 4.79 Å². The molecule has 1 unspecified atom stereocenters. The average Bonchev–Trinajstić information content (AvgIpc) is 3.25. The summed E-state index contributed by atoms with van der Waals surface area (Å²) in [6.07, 6.45) is 1.51. The van der Waals surface area contributed by atoms with E-state index in [0.29, 0.717) is 56.1 Å². The van der Waals surface area contributed by atoms with Crippen molar-refractivity contribution >= 4 is 29.1 Å². The molecular weight excluding hydrogens is 519 g/mol. The molecule has 0 saturated carbocycles. The first-order valence-corrected chi connectivity index (χ1v) is 14.4. The number of carbonyl (C=O) groups is 3. The molecule has 41 heavy (non-hydrogen) atoms. The lowest BCUT2D eigenvalue weighted by Gasteiger charge is -2.29. The number of rotatable bonds is 9. The van der Waals surface area contributed by atoms with E-state index in [1.807, 2.05) is 62.1 Å². The maximum Gasteiger partial charge on any atom is 0.256 e. The van der Waals surface area contributed by atoms with Gasteiger partial charge in [0, 0.05) is 56.2 Å². The van der Waals surface area contributed by atoms with Crippen LogP contribution in [0.15, 0.2) is 72.8 Å². The van der Waals surface area contributed by atoms with Gasteiger partial charge in [0.2, 0.25) is 5.91 Å². The van der Waals surface area contributed by atoms with Crippen LogP contribution in [-0.4, -0.2) is 66.8 Å². The SMILES string of the molecule is CCC(C(=O)N1CCCN(c2ccc(NC(=O)c3ccc(F)cc3)cc2C(=O)N(CC)CC)CC1)c1ccccc1. The fourth-order valence-corrected chi connectivity index (χ4v) is 5.38. The zero-order valence-electron chi connectivity index (χ0n) is 24.1. The predicted molar refractivity (Wildman–Crippen MR) is 161 cm³/mol. The molecule has 0 bridgehead atoms. The molecule has 3 aromatic carbocycles. The molecule has 3 aromatic rings. The van der Waals surface area contributed by atoms with Crippen LogP contribution in [0, 0.1) is 5.82 Å². The quantitative estimate of drug-likeness (QED) is 0.361. The van der Waals surface area contributed by atoms with Crippen molar-refractivity contribution in [2.45, 2.75) is 39.5 Å². The maximum atomic E-state index is 13.6. The number of halogens is 1. The van der Waals surface area contributed by atoms with Crippen LogP contribution in [0.25, 0.3) is 0 Å². The summed E-state index contributed by atoms with van der Waals surface area (Å²) in [6.45, 7) is 9.54. The summed E-state index contributed by atoms with van der Waals surface area (Å²) in [7, 11) is 0. The van der Waals surface area contributed by atoms with Crippen LogP contribution in [0.5, 0.6) is 0 Å². The number of anilines is 2. The van der Waals surface area contributed by atoms with E-state index in [-0.39, 0.29) is 23.6 Å². The highest BCUT2D eigenvalue weighted by Crippen LogP contribution is 2.29. The molecule has 1 N–H and O–H groups in total. The van der Waals surface area contributed by atoms with E-state index in [0.717, 1.165) is 24.1 Å². The molecular formula is C33H39FN4O3. The molecule has 7 nitrogen and oxygen atoms in total. The average molecular weight is 559 g/mol. The highest BCUT2D eigenvalue weighted by Gasteiger charge is 2.28. The molecule has 4 rings (SSSR count). The van der Waals surface area contributed by atoms with Crippen molar-refractivity contribution in [1.82, 2.24) is 9.80 Å². The number of amides is 3. The molecule has 1 heterocycles. The number of benzene rings is 3. The van der Waals surface area contributed by atoms with Crippen LogP contribution in [0.2, 0.25) is 0 Å². The van der Waals surface area contributed by atoms with Gasteiger partial charge in [-0.15, -0.1) is 0 Å². The largest absolute Gasteiger partial charge is 0.369 e. The van der Waals surface area contributed by atoms with E-state index < -0.39 is 5.82 Å². The normalized spacial score (nSPS) is 14.2. The minimum atomic E-state index is -0.416. The van der Waals surface area contributed by atoms with Crippen molar-refractivity contribution < 1.29 is 18.8 Å². The fraction of sp³-hybridized carbons (Fsp3) is 0.364. The first kappa shape index (κ1) is 29.8. The van der Waals surface area contributed by atoms with Gasteiger partial charge in [-0.25, -0.2) is 4.39 Å². The second-order valence-electron chi connectivity index (χ2n) is 10.2. The van der Waals surface area contributed by atoms with Crippen LogP contribution in [0.3, 0.4) is 0 Å². The van der Waals surface area contributed by atoms with Gasteiger partial charge in [0.1, 0.15) is 5.82 Å². The second-order valence-corrected chi connectivity index (χ2v) is 10.2. The Hall–Kier alpha value is -4.20. The van der Waals surface area contributed by atoms with Crippen LogP contribution in [0.1, 0.15) is 65.8 Å². The lowest BCUT2D eigenvalue weighted by atomic mass is 9.95. The number of nitrogens with zero attached hydrogens (tertiary/aromatic N) is 3. The third-order valence-corrected chi connectivity index (χ3v) is 7.70. The Morgan fingerprint density at radius 2 is 1.59 bits per heavy atom. The van der Waals surface area contributed by atoms with E-state index in [9.17, 15) is 18.8 Å². The van der Waals surface area contributed by atoms with Gasteiger partial charge in [0.25, 0.3) is 11.8 Å². The van der Waals surface area contributed by atoms with Crippen molar-refractivity contribution in [3.05, 3.63) is 95.3 Å². The van der Waals surface area contributed by atoms with E-state index in [2.05, 4.69) is 10.2 Å². The molecule has 1 fully saturated rings. The Morgan fingerprint density at radius 1 is 0.878 bits per heavy atom. The molecule has 0 aliphatic carbocycles. The zero-order chi connectivity index (χ0) is 29.4. The molecule has 8 heteroatoms. The summed E-state index contributed by atoms with van der Waals surface area (Å²) in [5.41, 5.74) is 3.13. The topological polar surface area (TPSA) is 73.0 Å². The Kier molecular flexibility index (Phi) is 10.1. The first-order chi connectivity index (χ1) is 19.9. The van der Waals surface area contributed by atoms with Gasteiger partial charge in [0.15, 0.2) is 0 Å². The Labute approximate surface area is 241 Å². The van der Waals surface area contributed by atoms with E-state index >= 15 is 0 Å². The second kappa shape index (κ2) is 13.9. The molecule has 3 amide bonds. The van der Waals surface area contributed by atoms with Gasteiger partial charge in [-0.05, 0) is 74.7 Å². The minimum Gasteiger partial charge on any atom is -0.369 e. The third-order valence-electron chi connectivity index (χ3n) is 7.70. The van der Waals surface area contributed by atoms with Crippen molar-refractivity contribution in [2.75, 3.05) is 49.5 Å². The lowest BCUT2D eigenvalue weighted by Crippen LogP contribution is -2.38. The van der Waals surface area contributed by atoms with Gasteiger partial charge >= 0.3 is 0 Å². The summed E-state index contributed by atoms with van der Waals surface area (Å²) >= 11 is 0. The third kappa shape index (κ3) is 7.12. The summed E-state index contributed by atoms with van der Waals surface area (Å²) in [6, 6.07) is 20.6. The minimum absolute atomic E-state index is 0.116. The molecule has 1 saturated heterocycles. The first-order valence-electron chi connectivity index (χ1n) is 14.4. The van der Waals surface area contributed by atoms with Crippen molar-refractivity contribution in [2.24, 2.45) is 0 Å². The summed E-state index contributed by atoms with van der Waals surface area (Å²) in [5, 5.41) is 2.84. The number of hydrogen-bond donors (Lipinski definition) is 1. The van der Waals surface area contributed by atoms with Gasteiger partial charge in [-0.3, -0.25) is 14.4 Å². The summed E-state index contributed by atoms with van der Waals surface area (Å²) in [5.74, 6) is -0.951. The fourth-order valence-electron chi connectivity index (χ4n) is 5.38. The molecule has 1 aliphatic heterocycles. The molecule has 0 aromatic heterocycles. The van der Waals surface area contributed by atoms with Gasteiger partial charge in [-0.1, -0.05) is 37.3 Å². The smallest absolute Gasteiger partial charge is 0.256 e. The maximum absolute atomic E-state index is 13.6. The van der Waals surface area contributed by atoms with Gasteiger partial charge < -0.3 is 20.0 Å². The molecule has 0 spiro atoms. The number of nitrogens with one attached hydrogen (secondary N) is 1. The summed E-state index contributed by atoms with van der Waals surface area (Å²) < 4.78 is 13.3. The van der Waals surface area contributed by atoms with Gasteiger partial charge in [0.05, 0.1) is 11.5 Å². The van der Waals surface area contributed by atoms with Crippen molar-refractivity contribution in [3.63, 3.8) is 0 Å². The highest BCUT2D eigenvalue weighted by molar-refractivity contribution is 6.06. The van der Waals surface area contributed by atoms with Crippen LogP contribution < -0.4 is 10.2 Å². The van der Waals surface area contributed by atoms with E-state index in [4.69, 9.17) is 0 Å². The molecule has 0 radical (unpaired) electrons. The van der Waals surface area contributed by atoms with E-state index in [1.165, 1.54) is 24.3 Å². The Balaban J connectivity index is 1.56. The number of carbonyl (C=O) groups excluding carboxylic acids is 3. The van der Waals surface area contributed by atoms with Crippen molar-refractivity contribution in [3.8, 4) is 0 Å². The summed E-state index contributed by atoms with van der Waals surface area (Å²) in [4.78, 5) is 45.8. The standard InChI is InChI=1S/C33H39FN4O3/c1-4-28(24-11-8-7-9-12-24)32(40)38-20-10-19-37(21-22-38)30-18-17-27(23-29(30)33(41)36(5-2)6-3)35-31(39)25-13-15-26(34)16-14-25/h7-9,11-18,23,28H,4-6,10,19-22H2,1-3H3,(H,35,39). The Bertz CT molecular complexity index is 1340. The Morgan fingerprint density at radius 3 is 2.24 bits per heavy atom. The monoisotopic (exact) mass is 558 g/mol. The molecule has 1 atom stereocenters. The lowest BCUT2D eigenvalue weighted by molar-refractivity contribution is -0.132. The number of hydrogen-bond acceptors (Lipinski definition) is 4. The van der Waals surface area contributed by atoms with Crippen LogP contribution >= 0.6 is 0 Å². The van der Waals surface area contributed by atoms with Crippen LogP contribution in [0.4, 0.5) is 15.8 Å². The molecule has 216 valence electrons. The van der Waals surface area contributed by atoms with Gasteiger partial charge in [-0.2, -0.15) is 0 Å². The van der Waals surface area contributed by atoms with Crippen molar-refractivity contribution in [1.29, 1.82) is 0 Å². The molecule has 1 aliphatic rings. The van der Waals surface area contributed by atoms with E-state index in [1.54, 1.807) is 17.0 Å². The zero-order valence-corrected chi connectivity index (χ0v) is 24.1.